The normalized spacial score (nSPS) is 10.2. The molecular formula is C15H14INO2. The highest BCUT2D eigenvalue weighted by Crippen LogP contribution is 2.14. The van der Waals surface area contributed by atoms with Crippen molar-refractivity contribution in [3.05, 3.63) is 63.2 Å². The van der Waals surface area contributed by atoms with Crippen molar-refractivity contribution in [2.45, 2.75) is 6.61 Å². The van der Waals surface area contributed by atoms with Crippen molar-refractivity contribution in [3.8, 4) is 0 Å². The molecule has 0 saturated carbocycles. The molecule has 0 heterocycles. The van der Waals surface area contributed by atoms with Crippen molar-refractivity contribution >= 4 is 34.2 Å². The zero-order chi connectivity index (χ0) is 13.7. The van der Waals surface area contributed by atoms with Crippen molar-refractivity contribution in [2.75, 3.05) is 12.4 Å². The number of ether oxygens (including phenoxy) is 1. The zero-order valence-corrected chi connectivity index (χ0v) is 12.7. The van der Waals surface area contributed by atoms with E-state index in [9.17, 15) is 4.79 Å². The van der Waals surface area contributed by atoms with E-state index in [0.717, 1.165) is 14.8 Å². The number of carbonyl (C=O) groups is 1. The van der Waals surface area contributed by atoms with Gasteiger partial charge in [0.1, 0.15) is 0 Å². The molecule has 4 heteroatoms. The van der Waals surface area contributed by atoms with Gasteiger partial charge in [-0.1, -0.05) is 18.2 Å². The summed E-state index contributed by atoms with van der Waals surface area (Å²) in [5.41, 5.74) is 2.42. The maximum absolute atomic E-state index is 12.1. The molecule has 0 aliphatic carbocycles. The molecule has 0 atom stereocenters. The first kappa shape index (κ1) is 14.0. The molecule has 0 radical (unpaired) electrons. The van der Waals surface area contributed by atoms with Crippen molar-refractivity contribution in [1.82, 2.24) is 0 Å². The Morgan fingerprint density at radius 2 is 2.00 bits per heavy atom. The van der Waals surface area contributed by atoms with Crippen LogP contribution in [-0.4, -0.2) is 13.0 Å². The summed E-state index contributed by atoms with van der Waals surface area (Å²) in [6, 6.07) is 15.1. The van der Waals surface area contributed by atoms with E-state index < -0.39 is 0 Å². The van der Waals surface area contributed by atoms with Gasteiger partial charge in [0.15, 0.2) is 0 Å². The van der Waals surface area contributed by atoms with Crippen molar-refractivity contribution in [2.24, 2.45) is 0 Å². The number of hydrogen-bond donors (Lipinski definition) is 1. The third-order valence-electron chi connectivity index (χ3n) is 2.58. The highest BCUT2D eigenvalue weighted by Gasteiger charge is 2.06. The van der Waals surface area contributed by atoms with Crippen LogP contribution in [-0.2, 0) is 11.3 Å². The van der Waals surface area contributed by atoms with Gasteiger partial charge in [-0.15, -0.1) is 0 Å². The molecule has 2 aromatic rings. The lowest BCUT2D eigenvalue weighted by molar-refractivity contribution is 0.102. The minimum Gasteiger partial charge on any atom is -0.380 e. The molecule has 0 aliphatic heterocycles. The van der Waals surface area contributed by atoms with E-state index in [2.05, 4.69) is 27.9 Å². The summed E-state index contributed by atoms with van der Waals surface area (Å²) in [6.45, 7) is 0.504. The van der Waals surface area contributed by atoms with Gasteiger partial charge in [-0.25, -0.2) is 0 Å². The maximum atomic E-state index is 12.1. The summed E-state index contributed by atoms with van der Waals surface area (Å²) < 4.78 is 6.15. The third kappa shape index (κ3) is 4.04. The first-order valence-corrected chi connectivity index (χ1v) is 6.92. The molecule has 0 aromatic heterocycles. The number of nitrogens with one attached hydrogen (secondary N) is 1. The molecule has 19 heavy (non-hydrogen) atoms. The Hall–Kier alpha value is -1.40. The molecule has 2 aromatic carbocycles. The summed E-state index contributed by atoms with van der Waals surface area (Å²) >= 11 is 2.22. The summed E-state index contributed by atoms with van der Waals surface area (Å²) in [5.74, 6) is -0.111. The molecule has 0 bridgehead atoms. The van der Waals surface area contributed by atoms with Crippen LogP contribution in [0.4, 0.5) is 5.69 Å². The summed E-state index contributed by atoms with van der Waals surface area (Å²) in [4.78, 5) is 12.1. The molecule has 98 valence electrons. The number of carbonyl (C=O) groups excluding carboxylic acids is 1. The number of halogens is 1. The van der Waals surface area contributed by atoms with Gasteiger partial charge in [-0.3, -0.25) is 4.79 Å². The molecule has 0 unspecified atom stereocenters. The van der Waals surface area contributed by atoms with E-state index in [1.54, 1.807) is 13.2 Å². The predicted octanol–water partition coefficient (Wildman–Crippen LogP) is 3.69. The van der Waals surface area contributed by atoms with Gasteiger partial charge in [-0.2, -0.15) is 0 Å². The molecule has 0 saturated heterocycles. The number of amides is 1. The Balaban J connectivity index is 2.13. The molecule has 1 N–H and O–H groups in total. The molecule has 3 nitrogen and oxygen atoms in total. The molecule has 0 fully saturated rings. The average Bonchev–Trinajstić information content (AvgIpc) is 2.39. The predicted molar refractivity (Wildman–Crippen MR) is 84.3 cm³/mol. The lowest BCUT2D eigenvalue weighted by Gasteiger charge is -2.07. The third-order valence-corrected chi connectivity index (χ3v) is 3.25. The SMILES string of the molecule is COCc1cccc(C(=O)Nc2cccc(I)c2)c1. The van der Waals surface area contributed by atoms with Crippen LogP contribution < -0.4 is 5.32 Å². The second kappa shape index (κ2) is 6.68. The highest BCUT2D eigenvalue weighted by atomic mass is 127. The Bertz CT molecular complexity index is 584. The average molecular weight is 367 g/mol. The standard InChI is InChI=1S/C15H14INO2/c1-19-10-11-4-2-5-12(8-11)15(18)17-14-7-3-6-13(16)9-14/h2-9H,10H2,1H3,(H,17,18). The van der Waals surface area contributed by atoms with Crippen LogP contribution in [0.25, 0.3) is 0 Å². The number of benzene rings is 2. The Kier molecular flexibility index (Phi) is 4.93. The molecule has 2 rings (SSSR count). The van der Waals surface area contributed by atoms with E-state index in [1.807, 2.05) is 42.5 Å². The smallest absolute Gasteiger partial charge is 0.255 e. The Morgan fingerprint density at radius 1 is 1.21 bits per heavy atom. The van der Waals surface area contributed by atoms with Crippen LogP contribution in [0, 0.1) is 3.57 Å². The number of rotatable bonds is 4. The van der Waals surface area contributed by atoms with Gasteiger partial charge < -0.3 is 10.1 Å². The number of hydrogen-bond acceptors (Lipinski definition) is 2. The maximum Gasteiger partial charge on any atom is 0.255 e. The van der Waals surface area contributed by atoms with Crippen LogP contribution in [0.15, 0.2) is 48.5 Å². The van der Waals surface area contributed by atoms with E-state index in [0.29, 0.717) is 12.2 Å². The Labute approximate surface area is 126 Å². The number of methoxy groups -OCH3 is 1. The van der Waals surface area contributed by atoms with E-state index in [1.165, 1.54) is 0 Å². The first-order valence-electron chi connectivity index (χ1n) is 5.84. The van der Waals surface area contributed by atoms with E-state index >= 15 is 0 Å². The van der Waals surface area contributed by atoms with Crippen molar-refractivity contribution in [1.29, 1.82) is 0 Å². The monoisotopic (exact) mass is 367 g/mol. The van der Waals surface area contributed by atoms with Crippen LogP contribution in [0.1, 0.15) is 15.9 Å². The minimum atomic E-state index is -0.111. The van der Waals surface area contributed by atoms with Crippen LogP contribution >= 0.6 is 22.6 Å². The number of anilines is 1. The van der Waals surface area contributed by atoms with Gasteiger partial charge in [0, 0.05) is 21.9 Å². The van der Waals surface area contributed by atoms with Crippen LogP contribution in [0.2, 0.25) is 0 Å². The van der Waals surface area contributed by atoms with Crippen LogP contribution in [0.5, 0.6) is 0 Å². The second-order valence-corrected chi connectivity index (χ2v) is 5.34. The van der Waals surface area contributed by atoms with Crippen molar-refractivity contribution < 1.29 is 9.53 Å². The molecule has 0 spiro atoms. The quantitative estimate of drug-likeness (QED) is 0.838. The molecule has 1 amide bonds. The van der Waals surface area contributed by atoms with E-state index in [-0.39, 0.29) is 5.91 Å². The van der Waals surface area contributed by atoms with Crippen molar-refractivity contribution in [3.63, 3.8) is 0 Å². The van der Waals surface area contributed by atoms with E-state index in [4.69, 9.17) is 4.74 Å². The van der Waals surface area contributed by atoms with Crippen LogP contribution in [0.3, 0.4) is 0 Å². The summed E-state index contributed by atoms with van der Waals surface area (Å²) in [7, 11) is 1.64. The fourth-order valence-corrected chi connectivity index (χ4v) is 2.28. The molecular weight excluding hydrogens is 353 g/mol. The highest BCUT2D eigenvalue weighted by molar-refractivity contribution is 14.1. The largest absolute Gasteiger partial charge is 0.380 e. The topological polar surface area (TPSA) is 38.3 Å². The second-order valence-electron chi connectivity index (χ2n) is 4.10. The Morgan fingerprint density at radius 3 is 2.74 bits per heavy atom. The minimum absolute atomic E-state index is 0.111. The molecule has 0 aliphatic rings. The zero-order valence-electron chi connectivity index (χ0n) is 10.5. The first-order chi connectivity index (χ1) is 9.19. The van der Waals surface area contributed by atoms with Gasteiger partial charge in [0.2, 0.25) is 0 Å². The lowest BCUT2D eigenvalue weighted by atomic mass is 10.1. The van der Waals surface area contributed by atoms with Gasteiger partial charge >= 0.3 is 0 Å². The fourth-order valence-electron chi connectivity index (χ4n) is 1.74. The van der Waals surface area contributed by atoms with Gasteiger partial charge in [0.25, 0.3) is 5.91 Å². The fraction of sp³-hybridized carbons (Fsp3) is 0.133. The summed E-state index contributed by atoms with van der Waals surface area (Å²) in [5, 5.41) is 2.88. The van der Waals surface area contributed by atoms with Gasteiger partial charge in [0.05, 0.1) is 6.61 Å². The summed E-state index contributed by atoms with van der Waals surface area (Å²) in [6.07, 6.45) is 0. The lowest BCUT2D eigenvalue weighted by Crippen LogP contribution is -2.12. The van der Waals surface area contributed by atoms with Gasteiger partial charge in [-0.05, 0) is 58.5 Å².